The Labute approximate surface area is 138 Å². The largest absolute Gasteiger partial charge is 2.00 e. The first-order valence-corrected chi connectivity index (χ1v) is 6.62. The summed E-state index contributed by atoms with van der Waals surface area (Å²) in [5.74, 6) is 1.84. The van der Waals surface area contributed by atoms with E-state index in [0.29, 0.717) is 22.8 Å². The van der Waals surface area contributed by atoms with Gasteiger partial charge in [0.05, 0.1) is 5.82 Å². The van der Waals surface area contributed by atoms with Gasteiger partial charge in [-0.2, -0.15) is 30.3 Å². The molecule has 0 radical (unpaired) electrons. The second-order valence-electron chi connectivity index (χ2n) is 4.58. The molecule has 0 spiro atoms. The molecule has 0 saturated carbocycles. The van der Waals surface area contributed by atoms with Gasteiger partial charge in [-0.1, -0.05) is 5.56 Å². The fourth-order valence-corrected chi connectivity index (χ4v) is 2.02. The summed E-state index contributed by atoms with van der Waals surface area (Å²) in [6, 6.07) is 17.9. The molecule has 3 N–H and O–H groups in total. The Kier molecular flexibility index (Phi) is 5.09. The number of aromatic nitrogens is 4. The Hall–Kier alpha value is -2.43. The zero-order valence-corrected chi connectivity index (χ0v) is 13.1. The van der Waals surface area contributed by atoms with E-state index in [1.54, 1.807) is 6.92 Å². The number of imidazole rings is 1. The van der Waals surface area contributed by atoms with Crippen molar-refractivity contribution in [3.8, 4) is 11.4 Å². The van der Waals surface area contributed by atoms with Crippen LogP contribution in [0.4, 0.5) is 5.82 Å². The number of aryl methyl sites for hydroxylation is 1. The predicted molar refractivity (Wildman–Crippen MR) is 83.9 cm³/mol. The van der Waals surface area contributed by atoms with Crippen LogP contribution in [0.5, 0.6) is 0 Å². The van der Waals surface area contributed by atoms with E-state index >= 15 is 0 Å². The van der Waals surface area contributed by atoms with Crippen LogP contribution in [-0.4, -0.2) is 19.9 Å². The van der Waals surface area contributed by atoms with Crippen molar-refractivity contribution in [1.82, 2.24) is 19.9 Å². The minimum atomic E-state index is 0. The van der Waals surface area contributed by atoms with E-state index in [9.17, 15) is 0 Å². The van der Waals surface area contributed by atoms with E-state index in [0.717, 1.165) is 11.4 Å². The van der Waals surface area contributed by atoms with Crippen LogP contribution >= 0.6 is 0 Å². The first kappa shape index (κ1) is 15.9. The van der Waals surface area contributed by atoms with Crippen molar-refractivity contribution in [3.63, 3.8) is 0 Å². The molecule has 112 valence electrons. The maximum atomic E-state index is 5.80. The van der Waals surface area contributed by atoms with Crippen molar-refractivity contribution in [3.05, 3.63) is 60.4 Å². The van der Waals surface area contributed by atoms with Crippen LogP contribution in [0.3, 0.4) is 0 Å². The predicted octanol–water partition coefficient (Wildman–Crippen LogP) is 3.03. The fraction of sp³-hybridized carbons (Fsp3) is 0.0625. The summed E-state index contributed by atoms with van der Waals surface area (Å²) in [5, 5.41) is 0. The van der Waals surface area contributed by atoms with Gasteiger partial charge in [0, 0.05) is 0 Å². The Morgan fingerprint density at radius 2 is 1.73 bits per heavy atom. The number of hydrogen-bond donors (Lipinski definition) is 2. The molecule has 4 rings (SSSR count). The molecule has 2 heterocycles. The van der Waals surface area contributed by atoms with Crippen molar-refractivity contribution in [2.24, 2.45) is 0 Å². The van der Waals surface area contributed by atoms with Gasteiger partial charge in [-0.05, 0) is 6.92 Å². The number of hydrogen-bond acceptors (Lipinski definition) is 4. The molecule has 2 aromatic heterocycles. The third-order valence-electron chi connectivity index (χ3n) is 2.98. The topological polar surface area (TPSA) is 80.5 Å². The number of aromatic amines is 1. The standard InChI is InChI=1S/C11H10N5.C5H5.Fe/c1-6-13-9(12)8-11(14-6)16-10(15-8)7-4-2-3-5-7;1-2-4-5-3-1;/h2-5H,1H3,(H3,12,13,14,15,16);1-5H;/q2*-1;+2. The second kappa shape index (κ2) is 7.02. The summed E-state index contributed by atoms with van der Waals surface area (Å²) < 4.78 is 0. The molecule has 0 atom stereocenters. The Morgan fingerprint density at radius 1 is 1.05 bits per heavy atom. The Balaban J connectivity index is 0.000000253. The molecule has 5 nitrogen and oxygen atoms in total. The summed E-state index contributed by atoms with van der Waals surface area (Å²) in [6.07, 6.45) is 0. The molecule has 0 aliphatic carbocycles. The molecular weight excluding hydrogens is 318 g/mol. The third kappa shape index (κ3) is 3.42. The summed E-state index contributed by atoms with van der Waals surface area (Å²) in [4.78, 5) is 15.8. The molecule has 0 amide bonds. The molecule has 0 fully saturated rings. The van der Waals surface area contributed by atoms with Gasteiger partial charge in [0.2, 0.25) is 0 Å². The summed E-state index contributed by atoms with van der Waals surface area (Å²) in [5.41, 5.74) is 8.13. The SMILES string of the molecule is Cc1nc(N)c2[nH]c(-[c-]3cccc3)nc2n1.[Fe+2].c1cc[cH-]c1. The van der Waals surface area contributed by atoms with E-state index in [-0.39, 0.29) is 17.1 Å². The van der Waals surface area contributed by atoms with Gasteiger partial charge in [-0.3, -0.25) is 0 Å². The van der Waals surface area contributed by atoms with Gasteiger partial charge in [0.15, 0.2) is 11.5 Å². The molecule has 0 bridgehead atoms. The normalized spacial score (nSPS) is 9.86. The average molecular weight is 333 g/mol. The number of nitrogens with two attached hydrogens (primary N) is 1. The zero-order valence-electron chi connectivity index (χ0n) is 12.0. The number of nitrogens with zero attached hydrogens (tertiary/aromatic N) is 3. The minimum Gasteiger partial charge on any atom is -0.382 e. The van der Waals surface area contributed by atoms with Crippen molar-refractivity contribution in [2.75, 3.05) is 5.73 Å². The van der Waals surface area contributed by atoms with Gasteiger partial charge < -0.3 is 10.7 Å². The second-order valence-corrected chi connectivity index (χ2v) is 4.58. The molecule has 0 aliphatic rings. The summed E-state index contributed by atoms with van der Waals surface area (Å²) in [6.45, 7) is 1.80. The molecule has 0 unspecified atom stereocenters. The monoisotopic (exact) mass is 333 g/mol. The number of anilines is 1. The van der Waals surface area contributed by atoms with E-state index in [4.69, 9.17) is 5.73 Å². The van der Waals surface area contributed by atoms with Crippen LogP contribution in [0.15, 0.2) is 54.6 Å². The molecule has 2 aromatic carbocycles. The van der Waals surface area contributed by atoms with Crippen LogP contribution in [0.1, 0.15) is 5.82 Å². The average Bonchev–Trinajstić information content (AvgIpc) is 3.21. The van der Waals surface area contributed by atoms with Crippen LogP contribution in [-0.2, 0) is 17.1 Å². The quantitative estimate of drug-likeness (QED) is 0.414. The number of nitrogen functional groups attached to an aromatic ring is 1. The molecule has 4 aromatic rings. The van der Waals surface area contributed by atoms with Gasteiger partial charge in [-0.15, -0.1) is 0 Å². The van der Waals surface area contributed by atoms with Gasteiger partial charge in [-0.25, -0.2) is 39.2 Å². The van der Waals surface area contributed by atoms with Crippen LogP contribution in [0.25, 0.3) is 22.6 Å². The van der Waals surface area contributed by atoms with E-state index in [1.807, 2.05) is 54.6 Å². The number of nitrogens with one attached hydrogen (secondary N) is 1. The zero-order chi connectivity index (χ0) is 14.7. The van der Waals surface area contributed by atoms with Crippen molar-refractivity contribution in [1.29, 1.82) is 0 Å². The van der Waals surface area contributed by atoms with Gasteiger partial charge >= 0.3 is 17.1 Å². The smallest absolute Gasteiger partial charge is 0.382 e. The van der Waals surface area contributed by atoms with Crippen LogP contribution in [0, 0.1) is 6.92 Å². The first-order chi connectivity index (χ1) is 10.2. The molecule has 0 saturated heterocycles. The van der Waals surface area contributed by atoms with Crippen molar-refractivity contribution < 1.29 is 17.1 Å². The Bertz CT molecular complexity index is 799. The maximum absolute atomic E-state index is 5.80. The molecule has 0 aliphatic heterocycles. The minimum absolute atomic E-state index is 0. The number of H-pyrrole nitrogens is 1. The first-order valence-electron chi connectivity index (χ1n) is 6.62. The van der Waals surface area contributed by atoms with Crippen LogP contribution in [0.2, 0.25) is 0 Å². The summed E-state index contributed by atoms with van der Waals surface area (Å²) in [7, 11) is 0. The van der Waals surface area contributed by atoms with E-state index < -0.39 is 0 Å². The molecule has 6 heteroatoms. The van der Waals surface area contributed by atoms with E-state index in [1.165, 1.54) is 0 Å². The van der Waals surface area contributed by atoms with Gasteiger partial charge in [0.25, 0.3) is 0 Å². The fourth-order valence-electron chi connectivity index (χ4n) is 2.02. The van der Waals surface area contributed by atoms with Crippen molar-refractivity contribution >= 4 is 17.0 Å². The number of rotatable bonds is 1. The molecular formula is C16H15FeN5. The summed E-state index contributed by atoms with van der Waals surface area (Å²) >= 11 is 0. The number of fused-ring (bicyclic) bond motifs is 1. The molecule has 22 heavy (non-hydrogen) atoms. The van der Waals surface area contributed by atoms with E-state index in [2.05, 4.69) is 19.9 Å². The van der Waals surface area contributed by atoms with Gasteiger partial charge in [0.1, 0.15) is 11.3 Å². The van der Waals surface area contributed by atoms with Crippen molar-refractivity contribution in [2.45, 2.75) is 6.92 Å². The van der Waals surface area contributed by atoms with Crippen LogP contribution < -0.4 is 5.73 Å². The Morgan fingerprint density at radius 3 is 2.32 bits per heavy atom. The third-order valence-corrected chi connectivity index (χ3v) is 2.98. The maximum Gasteiger partial charge on any atom is 2.00 e.